The van der Waals surface area contributed by atoms with E-state index in [4.69, 9.17) is 0 Å². The van der Waals surface area contributed by atoms with Gasteiger partial charge in [-0.25, -0.2) is 0 Å². The number of rotatable bonds is 3. The highest BCUT2D eigenvalue weighted by atomic mass is 16.3. The van der Waals surface area contributed by atoms with Gasteiger partial charge in [0.2, 0.25) is 0 Å². The SMILES string of the molecule is C=C(O)C1CCC(O)(C(=O)C(C)C)CC1. The predicted octanol–water partition coefficient (Wildman–Crippen LogP) is 2.20. The van der Waals surface area contributed by atoms with Crippen molar-refractivity contribution < 1.29 is 15.0 Å². The Balaban J connectivity index is 2.62. The largest absolute Gasteiger partial charge is 0.513 e. The summed E-state index contributed by atoms with van der Waals surface area (Å²) in [6, 6.07) is 0. The van der Waals surface area contributed by atoms with E-state index < -0.39 is 5.60 Å². The van der Waals surface area contributed by atoms with Crippen LogP contribution in [0.3, 0.4) is 0 Å². The summed E-state index contributed by atoms with van der Waals surface area (Å²) < 4.78 is 0. The molecule has 0 spiro atoms. The molecule has 0 aromatic carbocycles. The Hall–Kier alpha value is -0.830. The number of allylic oxidation sites excluding steroid dienone is 1. The molecule has 3 nitrogen and oxygen atoms in total. The second-order valence-corrected chi connectivity index (χ2v) is 4.82. The fourth-order valence-corrected chi connectivity index (χ4v) is 2.21. The second kappa shape index (κ2) is 4.35. The van der Waals surface area contributed by atoms with Crippen molar-refractivity contribution in [1.82, 2.24) is 0 Å². The van der Waals surface area contributed by atoms with Gasteiger partial charge in [0.15, 0.2) is 5.78 Å². The average Bonchev–Trinajstić information content (AvgIpc) is 2.17. The fraction of sp³-hybridized carbons (Fsp3) is 0.750. The smallest absolute Gasteiger partial charge is 0.166 e. The minimum Gasteiger partial charge on any atom is -0.513 e. The maximum absolute atomic E-state index is 11.8. The molecule has 0 aliphatic heterocycles. The minimum atomic E-state index is -1.17. The Bertz CT molecular complexity index is 260. The molecule has 0 aromatic heterocycles. The number of hydrogen-bond donors (Lipinski definition) is 2. The first-order valence-electron chi connectivity index (χ1n) is 5.51. The lowest BCUT2D eigenvalue weighted by Gasteiger charge is -2.35. The first kappa shape index (κ1) is 12.2. The molecule has 0 aromatic rings. The Kier molecular flexibility index (Phi) is 3.55. The van der Waals surface area contributed by atoms with E-state index in [1.165, 1.54) is 0 Å². The van der Waals surface area contributed by atoms with Gasteiger partial charge >= 0.3 is 0 Å². The van der Waals surface area contributed by atoms with E-state index in [9.17, 15) is 15.0 Å². The summed E-state index contributed by atoms with van der Waals surface area (Å²) in [5, 5.41) is 19.4. The Morgan fingerprint density at radius 3 is 2.20 bits per heavy atom. The van der Waals surface area contributed by atoms with E-state index in [2.05, 4.69) is 6.58 Å². The van der Waals surface area contributed by atoms with Crippen LogP contribution in [0, 0.1) is 11.8 Å². The second-order valence-electron chi connectivity index (χ2n) is 4.82. The topological polar surface area (TPSA) is 57.5 Å². The summed E-state index contributed by atoms with van der Waals surface area (Å²) in [5.74, 6) is 0.00710. The quantitative estimate of drug-likeness (QED) is 0.705. The van der Waals surface area contributed by atoms with E-state index in [1.807, 2.05) is 0 Å². The summed E-state index contributed by atoms with van der Waals surface area (Å²) in [6.07, 6.45) is 2.16. The lowest BCUT2D eigenvalue weighted by molar-refractivity contribution is -0.144. The molecule has 1 fully saturated rings. The molecule has 3 heteroatoms. The monoisotopic (exact) mass is 212 g/mol. The highest BCUT2D eigenvalue weighted by molar-refractivity contribution is 5.88. The highest BCUT2D eigenvalue weighted by Crippen LogP contribution is 2.36. The number of ketones is 1. The molecule has 0 bridgehead atoms. The number of carbonyl (C=O) groups excluding carboxylic acids is 1. The van der Waals surface area contributed by atoms with E-state index in [0.29, 0.717) is 25.7 Å². The fourth-order valence-electron chi connectivity index (χ4n) is 2.21. The summed E-state index contributed by atoms with van der Waals surface area (Å²) in [7, 11) is 0. The minimum absolute atomic E-state index is 0.0465. The summed E-state index contributed by atoms with van der Waals surface area (Å²) in [4.78, 5) is 11.8. The van der Waals surface area contributed by atoms with Crippen molar-refractivity contribution in [3.63, 3.8) is 0 Å². The van der Waals surface area contributed by atoms with Gasteiger partial charge in [-0.1, -0.05) is 20.4 Å². The molecular weight excluding hydrogens is 192 g/mol. The van der Waals surface area contributed by atoms with Gasteiger partial charge in [-0.15, -0.1) is 0 Å². The number of aliphatic hydroxyl groups excluding tert-OH is 1. The zero-order chi connectivity index (χ0) is 11.6. The normalized spacial score (nSPS) is 31.6. The van der Waals surface area contributed by atoms with E-state index in [1.54, 1.807) is 13.8 Å². The van der Waals surface area contributed by atoms with Crippen molar-refractivity contribution in [3.05, 3.63) is 12.3 Å². The first-order valence-corrected chi connectivity index (χ1v) is 5.51. The van der Waals surface area contributed by atoms with Crippen LogP contribution in [-0.4, -0.2) is 21.6 Å². The zero-order valence-electron chi connectivity index (χ0n) is 9.49. The molecule has 0 heterocycles. The van der Waals surface area contributed by atoms with Crippen molar-refractivity contribution in [1.29, 1.82) is 0 Å². The zero-order valence-corrected chi connectivity index (χ0v) is 9.49. The van der Waals surface area contributed by atoms with Gasteiger partial charge in [-0.3, -0.25) is 4.79 Å². The van der Waals surface area contributed by atoms with Crippen LogP contribution in [0.2, 0.25) is 0 Å². The van der Waals surface area contributed by atoms with Crippen LogP contribution in [0.25, 0.3) is 0 Å². The van der Waals surface area contributed by atoms with E-state index in [0.717, 1.165) is 0 Å². The van der Waals surface area contributed by atoms with Crippen LogP contribution in [0.15, 0.2) is 12.3 Å². The highest BCUT2D eigenvalue weighted by Gasteiger charge is 2.40. The summed E-state index contributed by atoms with van der Waals surface area (Å²) >= 11 is 0. The molecule has 1 aliphatic rings. The van der Waals surface area contributed by atoms with Crippen LogP contribution in [-0.2, 0) is 4.79 Å². The Morgan fingerprint density at radius 1 is 1.40 bits per heavy atom. The van der Waals surface area contributed by atoms with Gasteiger partial charge in [-0.2, -0.15) is 0 Å². The Labute approximate surface area is 90.8 Å². The van der Waals surface area contributed by atoms with Crippen LogP contribution in [0.5, 0.6) is 0 Å². The number of carbonyl (C=O) groups is 1. The van der Waals surface area contributed by atoms with Crippen LogP contribution in [0.1, 0.15) is 39.5 Å². The third-order valence-corrected chi connectivity index (χ3v) is 3.27. The molecule has 0 saturated heterocycles. The molecule has 0 radical (unpaired) electrons. The molecule has 0 atom stereocenters. The van der Waals surface area contributed by atoms with Crippen LogP contribution in [0.4, 0.5) is 0 Å². The van der Waals surface area contributed by atoms with Gasteiger partial charge in [0.1, 0.15) is 5.60 Å². The summed E-state index contributed by atoms with van der Waals surface area (Å²) in [5.41, 5.74) is -1.17. The standard InChI is InChI=1S/C12H20O3/c1-8(2)11(14)12(15)6-4-10(5-7-12)9(3)13/h8,10,13,15H,3-7H2,1-2H3. The lowest BCUT2D eigenvalue weighted by Crippen LogP contribution is -2.44. The third-order valence-electron chi connectivity index (χ3n) is 3.27. The molecule has 0 unspecified atom stereocenters. The first-order chi connectivity index (χ1) is 6.87. The molecule has 1 rings (SSSR count). The van der Waals surface area contributed by atoms with Gasteiger partial charge in [0.25, 0.3) is 0 Å². The van der Waals surface area contributed by atoms with Crippen LogP contribution >= 0.6 is 0 Å². The summed E-state index contributed by atoms with van der Waals surface area (Å²) in [6.45, 7) is 7.10. The number of hydrogen-bond acceptors (Lipinski definition) is 3. The maximum atomic E-state index is 11.8. The average molecular weight is 212 g/mol. The van der Waals surface area contributed by atoms with Gasteiger partial charge in [0, 0.05) is 11.8 Å². The molecule has 1 saturated carbocycles. The molecule has 15 heavy (non-hydrogen) atoms. The van der Waals surface area contributed by atoms with Crippen molar-refractivity contribution in [2.45, 2.75) is 45.1 Å². The molecule has 1 aliphatic carbocycles. The van der Waals surface area contributed by atoms with Crippen molar-refractivity contribution >= 4 is 5.78 Å². The Morgan fingerprint density at radius 2 is 1.87 bits per heavy atom. The van der Waals surface area contributed by atoms with Crippen molar-refractivity contribution in [2.75, 3.05) is 0 Å². The molecule has 2 N–H and O–H groups in total. The van der Waals surface area contributed by atoms with Gasteiger partial charge in [0.05, 0.1) is 5.76 Å². The van der Waals surface area contributed by atoms with Gasteiger partial charge < -0.3 is 10.2 Å². The third kappa shape index (κ3) is 2.59. The molecule has 0 amide bonds. The predicted molar refractivity (Wildman–Crippen MR) is 58.5 cm³/mol. The van der Waals surface area contributed by atoms with Crippen molar-refractivity contribution in [2.24, 2.45) is 11.8 Å². The van der Waals surface area contributed by atoms with Crippen LogP contribution < -0.4 is 0 Å². The van der Waals surface area contributed by atoms with E-state index in [-0.39, 0.29) is 23.4 Å². The molecule has 86 valence electrons. The number of aliphatic hydroxyl groups is 2. The number of Topliss-reactive ketones (excluding diaryl/α,β-unsaturated/α-hetero) is 1. The molecular formula is C12H20O3. The van der Waals surface area contributed by atoms with Crippen molar-refractivity contribution in [3.8, 4) is 0 Å². The maximum Gasteiger partial charge on any atom is 0.166 e. The van der Waals surface area contributed by atoms with E-state index >= 15 is 0 Å². The lowest BCUT2D eigenvalue weighted by atomic mass is 9.74. The van der Waals surface area contributed by atoms with Gasteiger partial charge in [-0.05, 0) is 25.7 Å².